The van der Waals surface area contributed by atoms with Gasteiger partial charge >= 0.3 is 0 Å². The Morgan fingerprint density at radius 2 is 2.20 bits per heavy atom. The van der Waals surface area contributed by atoms with Crippen molar-refractivity contribution in [3.8, 4) is 0 Å². The third kappa shape index (κ3) is 3.55. The fourth-order valence-corrected chi connectivity index (χ4v) is 3.76. The average Bonchev–Trinajstić information content (AvgIpc) is 2.44. The Morgan fingerprint density at radius 1 is 1.40 bits per heavy atom. The van der Waals surface area contributed by atoms with Gasteiger partial charge in [-0.15, -0.1) is 0 Å². The molecule has 1 aromatic rings. The van der Waals surface area contributed by atoms with E-state index in [1.165, 1.54) is 49.8 Å². The summed E-state index contributed by atoms with van der Waals surface area (Å²) in [7, 11) is 0. The second kappa shape index (κ2) is 7.44. The predicted octanol–water partition coefficient (Wildman–Crippen LogP) is 4.30. The van der Waals surface area contributed by atoms with Crippen LogP contribution in [0.25, 0.3) is 0 Å². The zero-order valence-electron chi connectivity index (χ0n) is 12.7. The lowest BCUT2D eigenvalue weighted by atomic mass is 9.92. The zero-order valence-corrected chi connectivity index (χ0v) is 13.5. The van der Waals surface area contributed by atoms with Gasteiger partial charge in [-0.05, 0) is 56.0 Å². The van der Waals surface area contributed by atoms with Gasteiger partial charge in [-0.2, -0.15) is 0 Å². The molecule has 2 nitrogen and oxygen atoms in total. The molecule has 0 aromatic heterocycles. The van der Waals surface area contributed by atoms with Crippen molar-refractivity contribution in [3.63, 3.8) is 0 Å². The number of rotatable bonds is 5. The van der Waals surface area contributed by atoms with Crippen LogP contribution in [0.2, 0.25) is 5.02 Å². The third-order valence-electron chi connectivity index (χ3n) is 4.51. The van der Waals surface area contributed by atoms with E-state index in [1.807, 2.05) is 6.07 Å². The maximum Gasteiger partial charge on any atom is 0.0476 e. The first-order chi connectivity index (χ1) is 9.67. The Morgan fingerprint density at radius 3 is 2.85 bits per heavy atom. The highest BCUT2D eigenvalue weighted by Gasteiger charge is 2.29. The molecule has 1 aliphatic rings. The van der Waals surface area contributed by atoms with E-state index in [0.717, 1.165) is 5.02 Å². The van der Waals surface area contributed by atoms with Crippen LogP contribution in [0.1, 0.15) is 56.2 Å². The minimum atomic E-state index is 0.337. The summed E-state index contributed by atoms with van der Waals surface area (Å²) in [4.78, 5) is 2.64. The molecule has 1 aromatic carbocycles. The van der Waals surface area contributed by atoms with Crippen molar-refractivity contribution in [1.29, 1.82) is 0 Å². The monoisotopic (exact) mass is 294 g/mol. The van der Waals surface area contributed by atoms with E-state index in [1.54, 1.807) is 0 Å². The van der Waals surface area contributed by atoms with Crippen LogP contribution in [0.15, 0.2) is 18.2 Å². The Labute approximate surface area is 128 Å². The molecule has 0 aliphatic carbocycles. The number of hydrogen-bond donors (Lipinski definition) is 1. The summed E-state index contributed by atoms with van der Waals surface area (Å²) in [6.07, 6.45) is 6.50. The number of nitrogens with zero attached hydrogens (tertiary/aromatic N) is 1. The molecule has 2 N–H and O–H groups in total. The Balaban J connectivity index is 2.25. The van der Waals surface area contributed by atoms with Gasteiger partial charge in [-0.3, -0.25) is 4.90 Å². The molecule has 2 unspecified atom stereocenters. The molecule has 112 valence electrons. The minimum absolute atomic E-state index is 0.337. The molecular weight excluding hydrogens is 268 g/mol. The molecule has 1 aliphatic heterocycles. The quantitative estimate of drug-likeness (QED) is 0.877. The van der Waals surface area contributed by atoms with Crippen molar-refractivity contribution >= 4 is 11.6 Å². The summed E-state index contributed by atoms with van der Waals surface area (Å²) >= 11 is 6.08. The summed E-state index contributed by atoms with van der Waals surface area (Å²) in [5.41, 5.74) is 8.73. The molecule has 0 radical (unpaired) electrons. The largest absolute Gasteiger partial charge is 0.329 e. The number of piperidine rings is 1. The van der Waals surface area contributed by atoms with Gasteiger partial charge in [0.2, 0.25) is 0 Å². The van der Waals surface area contributed by atoms with E-state index in [0.29, 0.717) is 18.6 Å². The SMILES string of the molecule is CCCC1CCCCN1C(CN)c1ccc(Cl)cc1C. The lowest BCUT2D eigenvalue weighted by Gasteiger charge is -2.41. The van der Waals surface area contributed by atoms with Crippen LogP contribution in [0.3, 0.4) is 0 Å². The summed E-state index contributed by atoms with van der Waals surface area (Å²) in [6, 6.07) is 7.23. The summed E-state index contributed by atoms with van der Waals surface area (Å²) in [6.45, 7) is 6.28. The number of hydrogen-bond acceptors (Lipinski definition) is 2. The molecule has 0 bridgehead atoms. The van der Waals surface area contributed by atoms with E-state index in [4.69, 9.17) is 17.3 Å². The second-order valence-electron chi connectivity index (χ2n) is 5.93. The van der Waals surface area contributed by atoms with E-state index in [-0.39, 0.29) is 0 Å². The van der Waals surface area contributed by atoms with Crippen LogP contribution in [0.4, 0.5) is 0 Å². The lowest BCUT2D eigenvalue weighted by Crippen LogP contribution is -2.44. The lowest BCUT2D eigenvalue weighted by molar-refractivity contribution is 0.0910. The Kier molecular flexibility index (Phi) is 5.88. The van der Waals surface area contributed by atoms with Crippen LogP contribution in [0.5, 0.6) is 0 Å². The van der Waals surface area contributed by atoms with Gasteiger partial charge in [0.05, 0.1) is 0 Å². The maximum atomic E-state index is 6.13. The average molecular weight is 295 g/mol. The Bertz CT molecular complexity index is 431. The highest BCUT2D eigenvalue weighted by atomic mass is 35.5. The van der Waals surface area contributed by atoms with E-state index >= 15 is 0 Å². The third-order valence-corrected chi connectivity index (χ3v) is 4.74. The molecule has 0 spiro atoms. The van der Waals surface area contributed by atoms with Gasteiger partial charge in [0.1, 0.15) is 0 Å². The van der Waals surface area contributed by atoms with Crippen LogP contribution < -0.4 is 5.73 Å². The first kappa shape index (κ1) is 15.8. The second-order valence-corrected chi connectivity index (χ2v) is 6.36. The van der Waals surface area contributed by atoms with Crippen LogP contribution in [-0.2, 0) is 0 Å². The van der Waals surface area contributed by atoms with Crippen LogP contribution >= 0.6 is 11.6 Å². The zero-order chi connectivity index (χ0) is 14.5. The molecule has 3 heteroatoms. The molecule has 1 saturated heterocycles. The summed E-state index contributed by atoms with van der Waals surface area (Å²) in [5, 5.41) is 0.811. The van der Waals surface area contributed by atoms with Gasteiger partial charge in [0.15, 0.2) is 0 Å². The number of benzene rings is 1. The number of halogens is 1. The van der Waals surface area contributed by atoms with Gasteiger partial charge in [-0.1, -0.05) is 37.4 Å². The molecule has 0 amide bonds. The van der Waals surface area contributed by atoms with Crippen LogP contribution in [0, 0.1) is 6.92 Å². The first-order valence-corrected chi connectivity index (χ1v) is 8.27. The molecular formula is C17H27ClN2. The minimum Gasteiger partial charge on any atom is -0.329 e. The Hall–Kier alpha value is -0.570. The van der Waals surface area contributed by atoms with Gasteiger partial charge in [-0.25, -0.2) is 0 Å². The van der Waals surface area contributed by atoms with E-state index < -0.39 is 0 Å². The number of nitrogens with two attached hydrogens (primary N) is 1. The fraction of sp³-hybridized carbons (Fsp3) is 0.647. The highest BCUT2D eigenvalue weighted by Crippen LogP contribution is 2.32. The van der Waals surface area contributed by atoms with Crippen molar-refractivity contribution < 1.29 is 0 Å². The molecule has 1 heterocycles. The highest BCUT2D eigenvalue weighted by molar-refractivity contribution is 6.30. The van der Waals surface area contributed by atoms with Gasteiger partial charge < -0.3 is 5.73 Å². The van der Waals surface area contributed by atoms with Crippen molar-refractivity contribution in [2.75, 3.05) is 13.1 Å². The van der Waals surface area contributed by atoms with Gasteiger partial charge in [0.25, 0.3) is 0 Å². The summed E-state index contributed by atoms with van der Waals surface area (Å²) in [5.74, 6) is 0. The van der Waals surface area contributed by atoms with Gasteiger partial charge in [0, 0.05) is 23.7 Å². The van der Waals surface area contributed by atoms with Crippen molar-refractivity contribution in [1.82, 2.24) is 4.90 Å². The fourth-order valence-electron chi connectivity index (χ4n) is 3.53. The predicted molar refractivity (Wildman–Crippen MR) is 87.2 cm³/mol. The molecule has 2 rings (SSSR count). The smallest absolute Gasteiger partial charge is 0.0476 e. The maximum absolute atomic E-state index is 6.13. The number of aryl methyl sites for hydroxylation is 1. The first-order valence-electron chi connectivity index (χ1n) is 7.89. The molecule has 0 saturated carbocycles. The number of likely N-dealkylation sites (tertiary alicyclic amines) is 1. The summed E-state index contributed by atoms with van der Waals surface area (Å²) < 4.78 is 0. The molecule has 20 heavy (non-hydrogen) atoms. The standard InChI is InChI=1S/C17H27ClN2/c1-3-6-15-7-4-5-10-20(15)17(12-19)16-9-8-14(18)11-13(16)2/h8-9,11,15,17H,3-7,10,12,19H2,1-2H3. The topological polar surface area (TPSA) is 29.3 Å². The van der Waals surface area contributed by atoms with E-state index in [9.17, 15) is 0 Å². The van der Waals surface area contributed by atoms with Crippen molar-refractivity contribution in [2.24, 2.45) is 5.73 Å². The molecule has 1 fully saturated rings. The van der Waals surface area contributed by atoms with Crippen molar-refractivity contribution in [2.45, 2.75) is 58.0 Å². The van der Waals surface area contributed by atoms with Crippen LogP contribution in [-0.4, -0.2) is 24.0 Å². The normalized spacial score (nSPS) is 21.9. The van der Waals surface area contributed by atoms with E-state index in [2.05, 4.69) is 30.9 Å². The van der Waals surface area contributed by atoms with Crippen molar-refractivity contribution in [3.05, 3.63) is 34.3 Å². The molecule has 2 atom stereocenters.